The number of anilines is 2. The zero-order valence-electron chi connectivity index (χ0n) is 19.7. The van der Waals surface area contributed by atoms with Crippen LogP contribution >= 0.6 is 0 Å². The molecule has 0 aliphatic carbocycles. The van der Waals surface area contributed by atoms with Crippen LogP contribution in [0.2, 0.25) is 0 Å². The molecular formula is C22H26N8O6. The van der Waals surface area contributed by atoms with E-state index in [4.69, 9.17) is 11.5 Å². The lowest BCUT2D eigenvalue weighted by Gasteiger charge is -2.41. The van der Waals surface area contributed by atoms with Crippen molar-refractivity contribution in [1.82, 2.24) is 25.3 Å². The van der Waals surface area contributed by atoms with Crippen molar-refractivity contribution in [3.05, 3.63) is 52.1 Å². The number of carboxylic acid groups (broad SMARTS) is 2. The van der Waals surface area contributed by atoms with Crippen LogP contribution in [-0.2, 0) is 16.1 Å². The van der Waals surface area contributed by atoms with Crippen LogP contribution in [0.4, 0.5) is 11.6 Å². The summed E-state index contributed by atoms with van der Waals surface area (Å²) in [4.78, 5) is 62.7. The third-order valence-corrected chi connectivity index (χ3v) is 6.11. The SMILES string of the molecule is CC(C)(C(=O)O)C(C)(N)[C@H](NC(=O)c1ccc(NCc2cnc3nc(N)[nH]c(=O)c3n2)cc1)C(=O)O. The second-order valence-corrected chi connectivity index (χ2v) is 8.87. The molecule has 2 aromatic heterocycles. The first-order chi connectivity index (χ1) is 16.7. The maximum absolute atomic E-state index is 12.7. The Kier molecular flexibility index (Phi) is 6.92. The van der Waals surface area contributed by atoms with Crippen LogP contribution in [0, 0.1) is 5.41 Å². The molecule has 36 heavy (non-hydrogen) atoms. The van der Waals surface area contributed by atoms with Crippen LogP contribution in [0.3, 0.4) is 0 Å². The summed E-state index contributed by atoms with van der Waals surface area (Å²) in [7, 11) is 0. The summed E-state index contributed by atoms with van der Waals surface area (Å²) >= 11 is 0. The van der Waals surface area contributed by atoms with Gasteiger partial charge < -0.3 is 32.3 Å². The smallest absolute Gasteiger partial charge is 0.328 e. The average molecular weight is 499 g/mol. The molecule has 0 fully saturated rings. The summed E-state index contributed by atoms with van der Waals surface area (Å²) in [5.41, 5.74) is 8.97. The van der Waals surface area contributed by atoms with Crippen molar-refractivity contribution in [2.24, 2.45) is 11.1 Å². The fourth-order valence-electron chi connectivity index (χ4n) is 3.26. The fourth-order valence-corrected chi connectivity index (χ4v) is 3.26. The van der Waals surface area contributed by atoms with E-state index >= 15 is 0 Å². The van der Waals surface area contributed by atoms with Gasteiger partial charge in [0.1, 0.15) is 6.04 Å². The molecule has 0 saturated heterocycles. The van der Waals surface area contributed by atoms with Crippen molar-refractivity contribution >= 4 is 40.6 Å². The van der Waals surface area contributed by atoms with Gasteiger partial charge in [-0.2, -0.15) is 4.98 Å². The van der Waals surface area contributed by atoms with E-state index in [-0.39, 0.29) is 29.2 Å². The first-order valence-corrected chi connectivity index (χ1v) is 10.7. The van der Waals surface area contributed by atoms with Gasteiger partial charge in [0.05, 0.1) is 29.4 Å². The lowest BCUT2D eigenvalue weighted by molar-refractivity contribution is -0.154. The second kappa shape index (κ2) is 9.58. The molecule has 0 aliphatic rings. The largest absolute Gasteiger partial charge is 0.481 e. The highest BCUT2D eigenvalue weighted by Gasteiger charge is 2.52. The number of carboxylic acids is 2. The third kappa shape index (κ3) is 5.07. The normalized spacial score (nSPS) is 14.0. The van der Waals surface area contributed by atoms with Crippen LogP contribution in [0.5, 0.6) is 0 Å². The Morgan fingerprint density at radius 3 is 2.33 bits per heavy atom. The number of nitrogens with one attached hydrogen (secondary N) is 3. The molecule has 14 nitrogen and oxygen atoms in total. The molecule has 0 spiro atoms. The summed E-state index contributed by atoms with van der Waals surface area (Å²) in [6.45, 7) is 4.05. The van der Waals surface area contributed by atoms with E-state index in [1.165, 1.54) is 39.1 Å². The quantitative estimate of drug-likeness (QED) is 0.205. The summed E-state index contributed by atoms with van der Waals surface area (Å²) in [5, 5.41) is 24.5. The van der Waals surface area contributed by atoms with Crippen molar-refractivity contribution in [1.29, 1.82) is 0 Å². The molecule has 9 N–H and O–H groups in total. The predicted molar refractivity (Wildman–Crippen MR) is 129 cm³/mol. The monoisotopic (exact) mass is 498 g/mol. The van der Waals surface area contributed by atoms with E-state index in [0.29, 0.717) is 11.4 Å². The molecule has 0 aliphatic heterocycles. The molecule has 0 saturated carbocycles. The number of carbonyl (C=O) groups excluding carboxylic acids is 1. The van der Waals surface area contributed by atoms with Gasteiger partial charge in [0, 0.05) is 11.3 Å². The Labute approximate surface area is 204 Å². The number of hydrogen-bond donors (Lipinski definition) is 7. The van der Waals surface area contributed by atoms with Crippen LogP contribution in [0.15, 0.2) is 35.3 Å². The summed E-state index contributed by atoms with van der Waals surface area (Å²) in [5.74, 6) is -3.56. The van der Waals surface area contributed by atoms with Gasteiger partial charge in [-0.1, -0.05) is 0 Å². The van der Waals surface area contributed by atoms with Crippen molar-refractivity contribution in [2.75, 3.05) is 11.1 Å². The Hall–Kier alpha value is -4.59. The van der Waals surface area contributed by atoms with Gasteiger partial charge in [-0.3, -0.25) is 19.4 Å². The van der Waals surface area contributed by atoms with Crippen LogP contribution in [-0.4, -0.2) is 59.6 Å². The number of fused-ring (bicyclic) bond motifs is 1. The third-order valence-electron chi connectivity index (χ3n) is 6.11. The molecular weight excluding hydrogens is 472 g/mol. The van der Waals surface area contributed by atoms with Gasteiger partial charge in [-0.05, 0) is 45.0 Å². The highest BCUT2D eigenvalue weighted by molar-refractivity contribution is 5.97. The molecule has 1 amide bonds. The number of carbonyl (C=O) groups is 3. The Morgan fingerprint density at radius 1 is 1.11 bits per heavy atom. The van der Waals surface area contributed by atoms with Gasteiger partial charge in [0.2, 0.25) is 5.95 Å². The van der Waals surface area contributed by atoms with Crippen LogP contribution in [0.25, 0.3) is 11.2 Å². The predicted octanol–water partition coefficient (Wildman–Crippen LogP) is -0.0814. The number of hydrogen-bond acceptors (Lipinski definition) is 10. The Morgan fingerprint density at radius 2 is 1.75 bits per heavy atom. The molecule has 3 rings (SSSR count). The van der Waals surface area contributed by atoms with Crippen LogP contribution < -0.4 is 27.7 Å². The van der Waals surface area contributed by atoms with Gasteiger partial charge >= 0.3 is 11.9 Å². The van der Waals surface area contributed by atoms with Crippen molar-refractivity contribution < 1.29 is 24.6 Å². The highest BCUT2D eigenvalue weighted by Crippen LogP contribution is 2.32. The van der Waals surface area contributed by atoms with Gasteiger partial charge in [0.25, 0.3) is 11.5 Å². The number of nitrogens with two attached hydrogens (primary N) is 2. The lowest BCUT2D eigenvalue weighted by Crippen LogP contribution is -2.68. The second-order valence-electron chi connectivity index (χ2n) is 8.87. The molecule has 14 heteroatoms. The minimum absolute atomic E-state index is 0.0430. The standard InChI is InChI=1S/C22H26N8O6/c1-21(2,19(35)36)22(3,24)14(18(33)34)28-16(31)10-4-6-11(7-5-10)25-8-12-9-26-15-13(27-12)17(32)30-20(23)29-15/h4-7,9,14,25H,8,24H2,1-3H3,(H,28,31)(H,33,34)(H,35,36)(H3,23,26,29,30,32)/t14-,22?/m1/s1. The molecule has 2 heterocycles. The number of H-pyrrole nitrogens is 1. The van der Waals surface area contributed by atoms with E-state index in [9.17, 15) is 29.4 Å². The zero-order valence-corrected chi connectivity index (χ0v) is 19.7. The number of nitrogens with zero attached hydrogens (tertiary/aromatic N) is 3. The summed E-state index contributed by atoms with van der Waals surface area (Å²) in [6, 6.07) is 4.40. The van der Waals surface area contributed by atoms with E-state index < -0.39 is 40.4 Å². The molecule has 0 bridgehead atoms. The topological polar surface area (TPSA) is 239 Å². The number of nitrogen functional groups attached to an aromatic ring is 1. The maximum atomic E-state index is 12.7. The van der Waals surface area contributed by atoms with E-state index in [1.54, 1.807) is 12.1 Å². The number of aromatic amines is 1. The summed E-state index contributed by atoms with van der Waals surface area (Å²) in [6.07, 6.45) is 1.44. The minimum atomic E-state index is -1.81. The number of aliphatic carboxylic acids is 2. The molecule has 1 aromatic carbocycles. The summed E-state index contributed by atoms with van der Waals surface area (Å²) < 4.78 is 0. The van der Waals surface area contributed by atoms with Crippen molar-refractivity contribution in [3.63, 3.8) is 0 Å². The number of amides is 1. The van der Waals surface area contributed by atoms with E-state index in [0.717, 1.165) is 0 Å². The molecule has 3 aromatic rings. The van der Waals surface area contributed by atoms with Crippen molar-refractivity contribution in [2.45, 2.75) is 38.9 Å². The molecule has 2 atom stereocenters. The Bertz CT molecular complexity index is 1380. The average Bonchev–Trinajstić information content (AvgIpc) is 2.80. The Balaban J connectivity index is 1.71. The van der Waals surface area contributed by atoms with E-state index in [1.807, 2.05) is 0 Å². The van der Waals surface area contributed by atoms with Crippen LogP contribution in [0.1, 0.15) is 36.8 Å². The van der Waals surface area contributed by atoms with Gasteiger partial charge in [0.15, 0.2) is 11.2 Å². The first kappa shape index (κ1) is 26.0. The van der Waals surface area contributed by atoms with E-state index in [2.05, 4.69) is 30.6 Å². The molecule has 0 radical (unpaired) electrons. The lowest BCUT2D eigenvalue weighted by atomic mass is 9.69. The number of benzene rings is 1. The number of aromatic nitrogens is 4. The minimum Gasteiger partial charge on any atom is -0.481 e. The first-order valence-electron chi connectivity index (χ1n) is 10.7. The maximum Gasteiger partial charge on any atom is 0.328 e. The van der Waals surface area contributed by atoms with Crippen molar-refractivity contribution in [3.8, 4) is 0 Å². The van der Waals surface area contributed by atoms with Gasteiger partial charge in [-0.25, -0.2) is 14.8 Å². The zero-order chi connectivity index (χ0) is 26.8. The molecule has 190 valence electrons. The van der Waals surface area contributed by atoms with Gasteiger partial charge in [-0.15, -0.1) is 0 Å². The highest BCUT2D eigenvalue weighted by atomic mass is 16.4. The number of rotatable bonds is 9. The molecule has 1 unspecified atom stereocenters. The fraction of sp³-hybridized carbons (Fsp3) is 0.318.